The van der Waals surface area contributed by atoms with Crippen LogP contribution in [0, 0.1) is 12.3 Å². The van der Waals surface area contributed by atoms with Gasteiger partial charge in [-0.05, 0) is 28.8 Å². The van der Waals surface area contributed by atoms with Crippen LogP contribution in [0.4, 0.5) is 5.69 Å². The molecular formula is C13H16BrN3O3. The van der Waals surface area contributed by atoms with Crippen molar-refractivity contribution < 1.29 is 9.53 Å². The molecule has 0 aliphatic heterocycles. The van der Waals surface area contributed by atoms with Gasteiger partial charge in [0.25, 0.3) is 5.56 Å². The number of nitrogens with one attached hydrogen (secondary N) is 1. The predicted molar refractivity (Wildman–Crippen MR) is 79.4 cm³/mol. The first kappa shape index (κ1) is 16.2. The fourth-order valence-corrected chi connectivity index (χ4v) is 1.91. The third-order valence-corrected chi connectivity index (χ3v) is 3.32. The van der Waals surface area contributed by atoms with Gasteiger partial charge in [0.1, 0.15) is 11.0 Å². The van der Waals surface area contributed by atoms with Gasteiger partial charge in [-0.3, -0.25) is 9.59 Å². The first-order valence-electron chi connectivity index (χ1n) is 6.10. The summed E-state index contributed by atoms with van der Waals surface area (Å²) in [5, 5.41) is 7.02. The van der Waals surface area contributed by atoms with E-state index < -0.39 is 5.97 Å². The fraction of sp³-hybridized carbons (Fsp3) is 0.462. The number of methoxy groups -OCH3 is 1. The second-order valence-corrected chi connectivity index (χ2v) is 4.79. The molecule has 0 aliphatic carbocycles. The molecule has 1 aromatic heterocycles. The summed E-state index contributed by atoms with van der Waals surface area (Å²) in [5.74, 6) is 2.05. The lowest BCUT2D eigenvalue weighted by Crippen LogP contribution is -2.28. The predicted octanol–water partition coefficient (Wildman–Crippen LogP) is 1.39. The largest absolute Gasteiger partial charge is 0.468 e. The fourth-order valence-electron chi connectivity index (χ4n) is 1.46. The van der Waals surface area contributed by atoms with Gasteiger partial charge in [-0.2, -0.15) is 5.10 Å². The summed E-state index contributed by atoms with van der Waals surface area (Å²) in [4.78, 5) is 23.1. The molecule has 6 nitrogen and oxygen atoms in total. The molecule has 0 aromatic carbocycles. The Hall–Kier alpha value is -1.81. The van der Waals surface area contributed by atoms with Crippen LogP contribution in [0.3, 0.4) is 0 Å². The van der Waals surface area contributed by atoms with Gasteiger partial charge in [0.15, 0.2) is 0 Å². The van der Waals surface area contributed by atoms with Crippen molar-refractivity contribution in [2.24, 2.45) is 0 Å². The minimum atomic E-state index is -0.526. The lowest BCUT2D eigenvalue weighted by atomic mass is 10.2. The number of terminal acetylenes is 1. The van der Waals surface area contributed by atoms with E-state index in [0.717, 1.165) is 23.9 Å². The second-order valence-electron chi connectivity index (χ2n) is 4.00. The molecule has 7 heteroatoms. The van der Waals surface area contributed by atoms with Gasteiger partial charge in [0, 0.05) is 13.0 Å². The number of ether oxygens (including phenoxy) is 1. The molecule has 1 heterocycles. The van der Waals surface area contributed by atoms with Crippen molar-refractivity contribution in [1.82, 2.24) is 9.78 Å². The Balaban J connectivity index is 2.67. The smallest absolute Gasteiger partial charge is 0.327 e. The molecule has 0 aliphatic rings. The highest BCUT2D eigenvalue weighted by Crippen LogP contribution is 2.16. The molecule has 0 saturated heterocycles. The van der Waals surface area contributed by atoms with E-state index in [4.69, 9.17) is 6.42 Å². The Morgan fingerprint density at radius 3 is 3.00 bits per heavy atom. The number of carbonyl (C=O) groups is 1. The molecule has 0 bridgehead atoms. The van der Waals surface area contributed by atoms with Gasteiger partial charge in [-0.15, -0.1) is 12.3 Å². The van der Waals surface area contributed by atoms with E-state index in [2.05, 4.69) is 37.0 Å². The van der Waals surface area contributed by atoms with Gasteiger partial charge in [-0.25, -0.2) is 4.68 Å². The molecule has 1 N–H and O–H groups in total. The van der Waals surface area contributed by atoms with Crippen molar-refractivity contribution in [3.05, 3.63) is 21.0 Å². The van der Waals surface area contributed by atoms with Crippen LogP contribution < -0.4 is 10.9 Å². The molecule has 0 atom stereocenters. The summed E-state index contributed by atoms with van der Waals surface area (Å²) in [7, 11) is 1.26. The van der Waals surface area contributed by atoms with Crippen LogP contribution in [-0.2, 0) is 16.1 Å². The highest BCUT2D eigenvalue weighted by Gasteiger charge is 2.11. The van der Waals surface area contributed by atoms with Crippen LogP contribution in [0.5, 0.6) is 0 Å². The Bertz CT molecular complexity index is 563. The number of hydrogen-bond acceptors (Lipinski definition) is 5. The lowest BCUT2D eigenvalue weighted by molar-refractivity contribution is -0.141. The van der Waals surface area contributed by atoms with E-state index in [-0.39, 0.29) is 12.1 Å². The number of nitrogens with zero attached hydrogens (tertiary/aromatic N) is 2. The molecule has 1 aromatic rings. The molecule has 1 rings (SSSR count). The van der Waals surface area contributed by atoms with Crippen LogP contribution in [-0.4, -0.2) is 29.4 Å². The second kappa shape index (κ2) is 8.38. The molecule has 0 fully saturated rings. The molecule has 20 heavy (non-hydrogen) atoms. The number of aromatic nitrogens is 2. The summed E-state index contributed by atoms with van der Waals surface area (Å²) in [5.41, 5.74) is 0.209. The molecule has 0 radical (unpaired) electrons. The Morgan fingerprint density at radius 1 is 1.60 bits per heavy atom. The summed E-state index contributed by atoms with van der Waals surface area (Å²) in [6, 6.07) is 0. The minimum Gasteiger partial charge on any atom is -0.468 e. The normalized spacial score (nSPS) is 9.85. The van der Waals surface area contributed by atoms with E-state index in [1.807, 2.05) is 0 Å². The quantitative estimate of drug-likeness (QED) is 0.461. The summed E-state index contributed by atoms with van der Waals surface area (Å²) < 4.78 is 5.88. The standard InChI is InChI=1S/C13H16BrN3O3/c1-3-4-5-6-7-15-10-8-16-17(9-11(18)20-2)13(19)12(10)14/h1,8,15H,4-7,9H2,2H3. The number of anilines is 1. The lowest BCUT2D eigenvalue weighted by Gasteiger charge is -2.09. The number of carbonyl (C=O) groups excluding carboxylic acids is 1. The molecule has 0 saturated carbocycles. The maximum absolute atomic E-state index is 12.0. The number of esters is 1. The van der Waals surface area contributed by atoms with Crippen LogP contribution in [0.2, 0.25) is 0 Å². The van der Waals surface area contributed by atoms with E-state index in [1.165, 1.54) is 13.3 Å². The van der Waals surface area contributed by atoms with Crippen molar-refractivity contribution >= 4 is 27.6 Å². The maximum atomic E-state index is 12.0. The zero-order valence-electron chi connectivity index (χ0n) is 11.2. The summed E-state index contributed by atoms with van der Waals surface area (Å²) in [6.07, 6.45) is 9.23. The highest BCUT2D eigenvalue weighted by atomic mass is 79.9. The monoisotopic (exact) mass is 341 g/mol. The highest BCUT2D eigenvalue weighted by molar-refractivity contribution is 9.10. The summed E-state index contributed by atoms with van der Waals surface area (Å²) in [6.45, 7) is 0.485. The van der Waals surface area contributed by atoms with E-state index in [0.29, 0.717) is 16.7 Å². The minimum absolute atomic E-state index is 0.212. The number of hydrogen-bond donors (Lipinski definition) is 1. The molecule has 0 amide bonds. The van der Waals surface area contributed by atoms with Crippen molar-refractivity contribution in [2.75, 3.05) is 19.0 Å². The average molecular weight is 342 g/mol. The Kier molecular flexibility index (Phi) is 6.81. The van der Waals surface area contributed by atoms with Gasteiger partial charge in [0.05, 0.1) is 19.0 Å². The Morgan fingerprint density at radius 2 is 2.35 bits per heavy atom. The summed E-state index contributed by atoms with van der Waals surface area (Å²) >= 11 is 3.21. The van der Waals surface area contributed by atoms with Crippen molar-refractivity contribution in [2.45, 2.75) is 25.8 Å². The Labute approximate surface area is 125 Å². The van der Waals surface area contributed by atoms with Gasteiger partial charge >= 0.3 is 5.97 Å². The van der Waals surface area contributed by atoms with E-state index >= 15 is 0 Å². The van der Waals surface area contributed by atoms with Gasteiger partial charge < -0.3 is 10.1 Å². The number of unbranched alkanes of at least 4 members (excludes halogenated alkanes) is 2. The van der Waals surface area contributed by atoms with Gasteiger partial charge in [0.2, 0.25) is 0 Å². The first-order chi connectivity index (χ1) is 9.60. The molecule has 0 spiro atoms. The van der Waals surface area contributed by atoms with Crippen molar-refractivity contribution in [1.29, 1.82) is 0 Å². The van der Waals surface area contributed by atoms with E-state index in [9.17, 15) is 9.59 Å². The molecule has 108 valence electrons. The third-order valence-electron chi connectivity index (χ3n) is 2.55. The topological polar surface area (TPSA) is 73.2 Å². The first-order valence-corrected chi connectivity index (χ1v) is 6.89. The van der Waals surface area contributed by atoms with Crippen LogP contribution in [0.25, 0.3) is 0 Å². The van der Waals surface area contributed by atoms with Crippen LogP contribution >= 0.6 is 15.9 Å². The zero-order chi connectivity index (χ0) is 15.0. The molecule has 0 unspecified atom stereocenters. The number of halogens is 1. The van der Waals surface area contributed by atoms with Crippen molar-refractivity contribution in [3.8, 4) is 12.3 Å². The SMILES string of the molecule is C#CCCCCNc1cnn(CC(=O)OC)c(=O)c1Br. The zero-order valence-corrected chi connectivity index (χ0v) is 12.8. The third kappa shape index (κ3) is 4.70. The van der Waals surface area contributed by atoms with Gasteiger partial charge in [-0.1, -0.05) is 0 Å². The average Bonchev–Trinajstić information content (AvgIpc) is 2.45. The van der Waals surface area contributed by atoms with Crippen molar-refractivity contribution in [3.63, 3.8) is 0 Å². The van der Waals surface area contributed by atoms with E-state index in [1.54, 1.807) is 0 Å². The maximum Gasteiger partial charge on any atom is 0.327 e. The van der Waals surface area contributed by atoms with Crippen LogP contribution in [0.15, 0.2) is 15.5 Å². The molecular weight excluding hydrogens is 326 g/mol. The van der Waals surface area contributed by atoms with Crippen LogP contribution in [0.1, 0.15) is 19.3 Å². The number of rotatable bonds is 7.